The topological polar surface area (TPSA) is 38.3 Å². The predicted octanol–water partition coefficient (Wildman–Crippen LogP) is 6.03. The fourth-order valence-electron chi connectivity index (χ4n) is 3.19. The van der Waals surface area contributed by atoms with Gasteiger partial charge in [0.25, 0.3) is 5.91 Å². The highest BCUT2D eigenvalue weighted by Gasteiger charge is 2.22. The van der Waals surface area contributed by atoms with E-state index in [0.29, 0.717) is 6.42 Å². The second-order valence-corrected chi connectivity index (χ2v) is 8.60. The number of benzene rings is 2. The van der Waals surface area contributed by atoms with Crippen molar-refractivity contribution in [1.29, 1.82) is 0 Å². The van der Waals surface area contributed by atoms with Crippen molar-refractivity contribution in [2.24, 2.45) is 0 Å². The van der Waals surface area contributed by atoms with Gasteiger partial charge in [0.1, 0.15) is 5.75 Å². The molecule has 0 radical (unpaired) electrons. The van der Waals surface area contributed by atoms with Gasteiger partial charge >= 0.3 is 0 Å². The standard InChI is InChI=1S/C25H35NO2/c1-8-22(19-11-10-17(3)18(4)16-19)26-24(27)23(9-2)28-21-14-12-20(13-15-21)25(5,6)7/h10-16,22-23H,8-9H2,1-7H3,(H,26,27)/t22-,23-/m0/s1. The summed E-state index contributed by atoms with van der Waals surface area (Å²) >= 11 is 0. The van der Waals surface area contributed by atoms with Crippen molar-refractivity contribution in [3.8, 4) is 5.75 Å². The monoisotopic (exact) mass is 381 g/mol. The zero-order valence-electron chi connectivity index (χ0n) is 18.4. The molecule has 0 fully saturated rings. The number of hydrogen-bond acceptors (Lipinski definition) is 2. The van der Waals surface area contributed by atoms with E-state index >= 15 is 0 Å². The van der Waals surface area contributed by atoms with E-state index in [0.717, 1.165) is 17.7 Å². The van der Waals surface area contributed by atoms with Gasteiger partial charge in [-0.25, -0.2) is 0 Å². The molecule has 0 aliphatic heterocycles. The van der Waals surface area contributed by atoms with Gasteiger partial charge in [-0.2, -0.15) is 0 Å². The minimum Gasteiger partial charge on any atom is -0.481 e. The van der Waals surface area contributed by atoms with Crippen LogP contribution in [0.3, 0.4) is 0 Å². The van der Waals surface area contributed by atoms with Crippen molar-refractivity contribution in [3.63, 3.8) is 0 Å². The van der Waals surface area contributed by atoms with E-state index in [1.165, 1.54) is 16.7 Å². The van der Waals surface area contributed by atoms with Gasteiger partial charge in [-0.05, 0) is 66.5 Å². The molecule has 0 aliphatic carbocycles. The molecule has 1 amide bonds. The van der Waals surface area contributed by atoms with Gasteiger partial charge in [0, 0.05) is 0 Å². The Morgan fingerprint density at radius 3 is 2.11 bits per heavy atom. The molecule has 0 unspecified atom stereocenters. The van der Waals surface area contributed by atoms with Gasteiger partial charge in [0.05, 0.1) is 6.04 Å². The number of carbonyl (C=O) groups is 1. The van der Waals surface area contributed by atoms with Crippen LogP contribution < -0.4 is 10.1 Å². The molecule has 2 atom stereocenters. The Balaban J connectivity index is 2.08. The summed E-state index contributed by atoms with van der Waals surface area (Å²) < 4.78 is 6.01. The van der Waals surface area contributed by atoms with Gasteiger partial charge in [-0.1, -0.05) is 65.0 Å². The van der Waals surface area contributed by atoms with E-state index in [4.69, 9.17) is 4.74 Å². The third-order valence-corrected chi connectivity index (χ3v) is 5.32. The van der Waals surface area contributed by atoms with Gasteiger partial charge in [-0.3, -0.25) is 4.79 Å². The molecule has 0 aromatic heterocycles. The van der Waals surface area contributed by atoms with Crippen molar-refractivity contribution >= 4 is 5.91 Å². The highest BCUT2D eigenvalue weighted by Crippen LogP contribution is 2.25. The van der Waals surface area contributed by atoms with Crippen LogP contribution in [-0.2, 0) is 10.2 Å². The van der Waals surface area contributed by atoms with Crippen molar-refractivity contribution in [1.82, 2.24) is 5.32 Å². The summed E-state index contributed by atoms with van der Waals surface area (Å²) in [7, 11) is 0. The first-order valence-electron chi connectivity index (χ1n) is 10.3. The molecule has 3 heteroatoms. The van der Waals surface area contributed by atoms with Crippen LogP contribution in [0.15, 0.2) is 42.5 Å². The first kappa shape index (κ1) is 22.0. The lowest BCUT2D eigenvalue weighted by Gasteiger charge is -2.23. The molecule has 2 aromatic carbocycles. The van der Waals surface area contributed by atoms with Crippen molar-refractivity contribution in [2.75, 3.05) is 0 Å². The number of aryl methyl sites for hydroxylation is 2. The Hall–Kier alpha value is -2.29. The number of nitrogens with one attached hydrogen (secondary N) is 1. The minimum atomic E-state index is -0.499. The summed E-state index contributed by atoms with van der Waals surface area (Å²) in [5.41, 5.74) is 4.99. The molecule has 3 nitrogen and oxygen atoms in total. The van der Waals surface area contributed by atoms with Gasteiger partial charge in [0.2, 0.25) is 0 Å². The Morgan fingerprint density at radius 1 is 0.964 bits per heavy atom. The van der Waals surface area contributed by atoms with Crippen molar-refractivity contribution in [2.45, 2.75) is 78.9 Å². The summed E-state index contributed by atoms with van der Waals surface area (Å²) in [5, 5.41) is 3.17. The number of amides is 1. The van der Waals surface area contributed by atoms with E-state index in [1.807, 2.05) is 19.1 Å². The van der Waals surface area contributed by atoms with Gasteiger partial charge < -0.3 is 10.1 Å². The zero-order chi connectivity index (χ0) is 20.9. The molecule has 152 valence electrons. The molecular formula is C25H35NO2. The summed E-state index contributed by atoms with van der Waals surface area (Å²) in [6.45, 7) is 14.8. The van der Waals surface area contributed by atoms with Crippen LogP contribution in [-0.4, -0.2) is 12.0 Å². The summed E-state index contributed by atoms with van der Waals surface area (Å²) in [4.78, 5) is 12.9. The first-order valence-corrected chi connectivity index (χ1v) is 10.3. The fraction of sp³-hybridized carbons (Fsp3) is 0.480. The second-order valence-electron chi connectivity index (χ2n) is 8.60. The van der Waals surface area contributed by atoms with Crippen molar-refractivity contribution in [3.05, 3.63) is 64.7 Å². The lowest BCUT2D eigenvalue weighted by atomic mass is 9.87. The number of carbonyl (C=O) groups excluding carboxylic acids is 1. The SMILES string of the molecule is CC[C@H](Oc1ccc(C(C)(C)C)cc1)C(=O)N[C@@H](CC)c1ccc(C)c(C)c1. The maximum atomic E-state index is 12.9. The molecule has 0 bridgehead atoms. The van der Waals surface area contributed by atoms with E-state index < -0.39 is 6.10 Å². The molecule has 1 N–H and O–H groups in total. The molecule has 0 saturated carbocycles. The maximum absolute atomic E-state index is 12.9. The van der Waals surface area contributed by atoms with E-state index in [2.05, 4.69) is 77.2 Å². The first-order chi connectivity index (χ1) is 13.2. The molecule has 0 spiro atoms. The Morgan fingerprint density at radius 2 is 1.61 bits per heavy atom. The van der Waals surface area contributed by atoms with E-state index in [-0.39, 0.29) is 17.4 Å². The Bertz CT molecular complexity index is 787. The molecule has 0 saturated heterocycles. The molecule has 2 rings (SSSR count). The highest BCUT2D eigenvalue weighted by molar-refractivity contribution is 5.81. The summed E-state index contributed by atoms with van der Waals surface area (Å²) in [5.74, 6) is 0.668. The Kier molecular flexibility index (Phi) is 7.29. The van der Waals surface area contributed by atoms with Gasteiger partial charge in [0.15, 0.2) is 6.10 Å². The summed E-state index contributed by atoms with van der Waals surface area (Å²) in [6.07, 6.45) is 0.960. The number of hydrogen-bond donors (Lipinski definition) is 1. The van der Waals surface area contributed by atoms with E-state index in [1.54, 1.807) is 0 Å². The smallest absolute Gasteiger partial charge is 0.261 e. The Labute approximate surface area is 170 Å². The lowest BCUT2D eigenvalue weighted by Crippen LogP contribution is -2.40. The normalized spacial score (nSPS) is 13.7. The lowest BCUT2D eigenvalue weighted by molar-refractivity contribution is -0.128. The van der Waals surface area contributed by atoms with Crippen LogP contribution in [0, 0.1) is 13.8 Å². The largest absolute Gasteiger partial charge is 0.481 e. The molecule has 28 heavy (non-hydrogen) atoms. The molecule has 2 aromatic rings. The summed E-state index contributed by atoms with van der Waals surface area (Å²) in [6, 6.07) is 14.4. The maximum Gasteiger partial charge on any atom is 0.261 e. The molecule has 0 aliphatic rings. The van der Waals surface area contributed by atoms with Crippen LogP contribution in [0.2, 0.25) is 0 Å². The molecular weight excluding hydrogens is 346 g/mol. The van der Waals surface area contributed by atoms with Crippen LogP contribution in [0.5, 0.6) is 5.75 Å². The van der Waals surface area contributed by atoms with Gasteiger partial charge in [-0.15, -0.1) is 0 Å². The quantitative estimate of drug-likeness (QED) is 0.636. The number of rotatable bonds is 7. The van der Waals surface area contributed by atoms with Crippen LogP contribution in [0.25, 0.3) is 0 Å². The van der Waals surface area contributed by atoms with Crippen molar-refractivity contribution < 1.29 is 9.53 Å². The van der Waals surface area contributed by atoms with Crippen LogP contribution in [0.1, 0.15) is 75.8 Å². The minimum absolute atomic E-state index is 0.00674. The van der Waals surface area contributed by atoms with E-state index in [9.17, 15) is 4.79 Å². The predicted molar refractivity (Wildman–Crippen MR) is 117 cm³/mol. The third kappa shape index (κ3) is 5.60. The van der Waals surface area contributed by atoms with Crippen LogP contribution in [0.4, 0.5) is 0 Å². The van der Waals surface area contributed by atoms with Crippen LogP contribution >= 0.6 is 0 Å². The second kappa shape index (κ2) is 9.27. The highest BCUT2D eigenvalue weighted by atomic mass is 16.5. The average molecular weight is 382 g/mol. The zero-order valence-corrected chi connectivity index (χ0v) is 18.4. The molecule has 0 heterocycles. The average Bonchev–Trinajstić information content (AvgIpc) is 2.66. The fourth-order valence-corrected chi connectivity index (χ4v) is 3.19. The third-order valence-electron chi connectivity index (χ3n) is 5.32. The number of ether oxygens (including phenoxy) is 1.